The summed E-state index contributed by atoms with van der Waals surface area (Å²) in [7, 11) is 2.44. The van der Waals surface area contributed by atoms with Crippen molar-refractivity contribution in [2.45, 2.75) is 42.7 Å². The molecule has 0 aliphatic carbocycles. The minimum absolute atomic E-state index is 0.160. The fourth-order valence-corrected chi connectivity index (χ4v) is 4.62. The van der Waals surface area contributed by atoms with E-state index < -0.39 is 16.3 Å². The minimum Gasteiger partial charge on any atom is -0.466 e. The first kappa shape index (κ1) is 26.3. The number of thioether (sulfide) groups is 1. The lowest BCUT2D eigenvalue weighted by Crippen LogP contribution is -2.22. The fourth-order valence-electron chi connectivity index (χ4n) is 2.79. The van der Waals surface area contributed by atoms with E-state index in [1.165, 1.54) is 46.1 Å². The van der Waals surface area contributed by atoms with Gasteiger partial charge in [0.2, 0.25) is 10.0 Å². The van der Waals surface area contributed by atoms with E-state index in [9.17, 15) is 13.2 Å². The topological polar surface area (TPSA) is 113 Å². The van der Waals surface area contributed by atoms with E-state index >= 15 is 0 Å². The molecule has 0 fully saturated rings. The van der Waals surface area contributed by atoms with Crippen molar-refractivity contribution in [3.63, 3.8) is 0 Å². The summed E-state index contributed by atoms with van der Waals surface area (Å²) in [5.74, 6) is 0.900. The molecule has 0 N–H and O–H groups in total. The van der Waals surface area contributed by atoms with E-state index in [-0.39, 0.29) is 10.9 Å². The van der Waals surface area contributed by atoms with Crippen LogP contribution in [0.1, 0.15) is 19.8 Å². The molecule has 1 heterocycles. The Balaban J connectivity index is 2.32. The first-order valence-corrected chi connectivity index (χ1v) is 12.5. The zero-order chi connectivity index (χ0) is 23.7. The fraction of sp³-hybridized carbons (Fsp3) is 0.550. The first-order chi connectivity index (χ1) is 15.2. The van der Waals surface area contributed by atoms with Crippen LogP contribution in [0.3, 0.4) is 0 Å². The van der Waals surface area contributed by atoms with Gasteiger partial charge in [-0.05, 0) is 25.5 Å². The summed E-state index contributed by atoms with van der Waals surface area (Å²) in [4.78, 5) is 11.7. The van der Waals surface area contributed by atoms with Crippen molar-refractivity contribution in [3.8, 4) is 11.4 Å². The second-order valence-electron chi connectivity index (χ2n) is 6.89. The van der Waals surface area contributed by atoms with E-state index in [0.717, 1.165) is 4.31 Å². The molecule has 12 heteroatoms. The average molecular weight is 487 g/mol. The van der Waals surface area contributed by atoms with E-state index in [0.29, 0.717) is 48.3 Å². The van der Waals surface area contributed by atoms with Gasteiger partial charge in [-0.2, -0.15) is 0 Å². The molecular formula is C20H30N4O6S2. The molecular weight excluding hydrogens is 456 g/mol. The van der Waals surface area contributed by atoms with Crippen molar-refractivity contribution in [1.82, 2.24) is 19.1 Å². The molecule has 1 aromatic heterocycles. The molecule has 0 amide bonds. The Hall–Kier alpha value is -1.99. The molecule has 0 spiro atoms. The first-order valence-electron chi connectivity index (χ1n) is 10.0. The lowest BCUT2D eigenvalue weighted by molar-refractivity contribution is -0.143. The number of nitrogens with zero attached hydrogens (tertiary/aromatic N) is 4. The van der Waals surface area contributed by atoms with Gasteiger partial charge in [0, 0.05) is 46.1 Å². The molecule has 0 radical (unpaired) electrons. The monoisotopic (exact) mass is 486 g/mol. The van der Waals surface area contributed by atoms with Crippen LogP contribution in [0.2, 0.25) is 0 Å². The number of ether oxygens (including phenoxy) is 3. The molecule has 0 unspecified atom stereocenters. The second kappa shape index (κ2) is 12.3. The number of methoxy groups -OCH3 is 2. The lowest BCUT2D eigenvalue weighted by Gasteiger charge is -2.17. The summed E-state index contributed by atoms with van der Waals surface area (Å²) >= 11 is 1.44. The SMILES string of the molecule is CCOC(=O)CCCSc1nnc(-c2cccc(S(=O)(=O)N(C)C)c2)n1CC(OC)OC. The molecule has 32 heavy (non-hydrogen) atoms. The number of carbonyl (C=O) groups excluding carboxylic acids is 1. The third-order valence-electron chi connectivity index (χ3n) is 4.51. The van der Waals surface area contributed by atoms with Crippen molar-refractivity contribution >= 4 is 27.8 Å². The van der Waals surface area contributed by atoms with Gasteiger partial charge in [0.05, 0.1) is 18.0 Å². The van der Waals surface area contributed by atoms with E-state index in [1.807, 2.05) is 4.57 Å². The highest BCUT2D eigenvalue weighted by Gasteiger charge is 2.22. The van der Waals surface area contributed by atoms with Crippen LogP contribution in [0.5, 0.6) is 0 Å². The Labute approximate surface area is 193 Å². The van der Waals surface area contributed by atoms with Crippen molar-refractivity contribution in [2.75, 3.05) is 40.7 Å². The molecule has 2 aromatic rings. The number of hydrogen-bond acceptors (Lipinski definition) is 9. The number of carbonyl (C=O) groups is 1. The summed E-state index contributed by atoms with van der Waals surface area (Å²) in [5, 5.41) is 9.20. The largest absolute Gasteiger partial charge is 0.466 e. The summed E-state index contributed by atoms with van der Waals surface area (Å²) < 4.78 is 43.7. The molecule has 0 atom stereocenters. The summed E-state index contributed by atoms with van der Waals surface area (Å²) in [6, 6.07) is 6.55. The molecule has 10 nitrogen and oxygen atoms in total. The van der Waals surface area contributed by atoms with Gasteiger partial charge in [0.15, 0.2) is 17.3 Å². The molecule has 178 valence electrons. The zero-order valence-corrected chi connectivity index (χ0v) is 20.6. The summed E-state index contributed by atoms with van der Waals surface area (Å²) in [6.07, 6.45) is 0.406. The van der Waals surface area contributed by atoms with Crippen LogP contribution in [0, 0.1) is 0 Å². The van der Waals surface area contributed by atoms with Crippen molar-refractivity contribution in [1.29, 1.82) is 0 Å². The number of aromatic nitrogens is 3. The molecule has 0 saturated heterocycles. The van der Waals surface area contributed by atoms with Gasteiger partial charge in [-0.15, -0.1) is 10.2 Å². The van der Waals surface area contributed by atoms with Crippen molar-refractivity contribution in [3.05, 3.63) is 24.3 Å². The summed E-state index contributed by atoms with van der Waals surface area (Å²) in [5.41, 5.74) is 0.602. The standard InChI is InChI=1S/C20H30N4O6S2/c1-6-30-17(25)11-8-12-31-20-22-21-19(24(20)14-18(28-4)29-5)15-9-7-10-16(13-15)32(26,27)23(2)3/h7,9-10,13,18H,6,8,11-12,14H2,1-5H3. The molecule has 0 bridgehead atoms. The lowest BCUT2D eigenvalue weighted by atomic mass is 10.2. The molecule has 0 aliphatic heterocycles. The Morgan fingerprint density at radius 2 is 1.94 bits per heavy atom. The number of rotatable bonds is 13. The van der Waals surface area contributed by atoms with Gasteiger partial charge in [0.25, 0.3) is 0 Å². The normalized spacial score (nSPS) is 12.0. The maximum atomic E-state index is 12.6. The molecule has 0 aliphatic rings. The maximum Gasteiger partial charge on any atom is 0.305 e. The van der Waals surface area contributed by atoms with Crippen LogP contribution in [0.25, 0.3) is 11.4 Å². The molecule has 1 aromatic carbocycles. The average Bonchev–Trinajstić information content (AvgIpc) is 3.17. The van der Waals surface area contributed by atoms with Crippen LogP contribution in [0.4, 0.5) is 0 Å². The number of sulfonamides is 1. The van der Waals surface area contributed by atoms with Gasteiger partial charge in [-0.3, -0.25) is 9.36 Å². The van der Waals surface area contributed by atoms with Crippen molar-refractivity contribution in [2.24, 2.45) is 0 Å². The Morgan fingerprint density at radius 1 is 1.22 bits per heavy atom. The van der Waals surface area contributed by atoms with Gasteiger partial charge in [-0.1, -0.05) is 23.9 Å². The number of esters is 1. The third kappa shape index (κ3) is 6.75. The van der Waals surface area contributed by atoms with Crippen LogP contribution < -0.4 is 0 Å². The number of hydrogen-bond donors (Lipinski definition) is 0. The zero-order valence-electron chi connectivity index (χ0n) is 19.0. The smallest absolute Gasteiger partial charge is 0.305 e. The van der Waals surface area contributed by atoms with Crippen molar-refractivity contribution < 1.29 is 27.4 Å². The van der Waals surface area contributed by atoms with E-state index in [4.69, 9.17) is 14.2 Å². The highest BCUT2D eigenvalue weighted by Crippen LogP contribution is 2.27. The predicted octanol–water partition coefficient (Wildman–Crippen LogP) is 2.25. The molecule has 2 rings (SSSR count). The Morgan fingerprint density at radius 3 is 2.56 bits per heavy atom. The van der Waals surface area contributed by atoms with Crippen LogP contribution >= 0.6 is 11.8 Å². The van der Waals surface area contributed by atoms with Crippen LogP contribution in [-0.2, 0) is 35.6 Å². The van der Waals surface area contributed by atoms with Gasteiger partial charge in [-0.25, -0.2) is 12.7 Å². The van der Waals surface area contributed by atoms with E-state index in [1.54, 1.807) is 25.1 Å². The minimum atomic E-state index is -3.60. The van der Waals surface area contributed by atoms with Crippen LogP contribution in [0.15, 0.2) is 34.3 Å². The van der Waals surface area contributed by atoms with Crippen LogP contribution in [-0.4, -0.2) is 80.4 Å². The third-order valence-corrected chi connectivity index (χ3v) is 7.37. The second-order valence-corrected chi connectivity index (χ2v) is 10.1. The quantitative estimate of drug-likeness (QED) is 0.182. The maximum absolute atomic E-state index is 12.6. The molecule has 0 saturated carbocycles. The highest BCUT2D eigenvalue weighted by molar-refractivity contribution is 7.99. The van der Waals surface area contributed by atoms with E-state index in [2.05, 4.69) is 10.2 Å². The van der Waals surface area contributed by atoms with Gasteiger partial charge < -0.3 is 14.2 Å². The van der Waals surface area contributed by atoms with Gasteiger partial charge >= 0.3 is 5.97 Å². The van der Waals surface area contributed by atoms with Gasteiger partial charge in [0.1, 0.15) is 0 Å². The summed E-state index contributed by atoms with van der Waals surface area (Å²) in [6.45, 7) is 2.44. The Kier molecular flexibility index (Phi) is 10.1. The predicted molar refractivity (Wildman–Crippen MR) is 121 cm³/mol. The highest BCUT2D eigenvalue weighted by atomic mass is 32.2. The Bertz CT molecular complexity index is 990. The number of benzene rings is 1.